The first-order chi connectivity index (χ1) is 6.74. The molecule has 0 aliphatic carbocycles. The zero-order valence-corrected chi connectivity index (χ0v) is 9.57. The Morgan fingerprint density at radius 3 is 2.40 bits per heavy atom. The van der Waals surface area contributed by atoms with Crippen molar-refractivity contribution in [1.82, 2.24) is 5.32 Å². The monoisotopic (exact) mass is 218 g/mol. The molecule has 0 spiro atoms. The molecule has 0 aliphatic heterocycles. The van der Waals surface area contributed by atoms with E-state index in [0.717, 1.165) is 0 Å². The fraction of sp³-hybridized carbons (Fsp3) is 0.889. The standard InChI is InChI=1S/C9H18N2O4/c1-5-7(6-11(13)14)10-8(12)15-9(2,3)4/h7H,5-6H2,1-4H3,(H,10,12)/t7-/m0/s1. The van der Waals surface area contributed by atoms with Crippen molar-refractivity contribution in [2.45, 2.75) is 45.8 Å². The molecule has 0 saturated heterocycles. The summed E-state index contributed by atoms with van der Waals surface area (Å²) in [5.74, 6) is 0. The lowest BCUT2D eigenvalue weighted by Crippen LogP contribution is -2.42. The van der Waals surface area contributed by atoms with E-state index in [2.05, 4.69) is 5.32 Å². The lowest BCUT2D eigenvalue weighted by atomic mass is 10.2. The highest BCUT2D eigenvalue weighted by molar-refractivity contribution is 5.68. The highest BCUT2D eigenvalue weighted by Gasteiger charge is 2.20. The van der Waals surface area contributed by atoms with E-state index in [1.165, 1.54) is 0 Å². The van der Waals surface area contributed by atoms with Gasteiger partial charge in [-0.3, -0.25) is 10.1 Å². The van der Waals surface area contributed by atoms with Crippen molar-refractivity contribution >= 4 is 6.09 Å². The second-order valence-corrected chi connectivity index (χ2v) is 4.27. The van der Waals surface area contributed by atoms with Crippen molar-refractivity contribution in [2.24, 2.45) is 0 Å². The van der Waals surface area contributed by atoms with Gasteiger partial charge in [0.1, 0.15) is 5.60 Å². The fourth-order valence-electron chi connectivity index (χ4n) is 0.931. The van der Waals surface area contributed by atoms with E-state index in [1.54, 1.807) is 27.7 Å². The largest absolute Gasteiger partial charge is 0.444 e. The predicted octanol–water partition coefficient (Wildman–Crippen LogP) is 1.57. The van der Waals surface area contributed by atoms with Crippen LogP contribution in [-0.2, 0) is 4.74 Å². The zero-order chi connectivity index (χ0) is 12.1. The molecule has 0 heterocycles. The van der Waals surface area contributed by atoms with E-state index in [0.29, 0.717) is 6.42 Å². The second kappa shape index (κ2) is 5.53. The van der Waals surface area contributed by atoms with Crippen molar-refractivity contribution in [2.75, 3.05) is 6.54 Å². The first kappa shape index (κ1) is 13.7. The number of nitro groups is 1. The predicted molar refractivity (Wildman–Crippen MR) is 55.3 cm³/mol. The first-order valence-electron chi connectivity index (χ1n) is 4.86. The molecule has 15 heavy (non-hydrogen) atoms. The Labute approximate surface area is 89.1 Å². The number of nitrogens with zero attached hydrogens (tertiary/aromatic N) is 1. The molecule has 0 fully saturated rings. The van der Waals surface area contributed by atoms with Gasteiger partial charge in [-0.15, -0.1) is 0 Å². The minimum absolute atomic E-state index is 0.282. The molecule has 0 aromatic heterocycles. The van der Waals surface area contributed by atoms with Gasteiger partial charge in [-0.1, -0.05) is 6.92 Å². The Balaban J connectivity index is 4.07. The highest BCUT2D eigenvalue weighted by atomic mass is 16.6. The smallest absolute Gasteiger partial charge is 0.408 e. The number of hydrogen-bond acceptors (Lipinski definition) is 4. The van der Waals surface area contributed by atoms with E-state index in [9.17, 15) is 14.9 Å². The number of ether oxygens (including phenoxy) is 1. The number of alkyl carbamates (subject to hydrolysis) is 1. The third-order valence-electron chi connectivity index (χ3n) is 1.58. The maximum absolute atomic E-state index is 11.3. The van der Waals surface area contributed by atoms with Crippen molar-refractivity contribution in [1.29, 1.82) is 0 Å². The van der Waals surface area contributed by atoms with E-state index in [4.69, 9.17) is 4.74 Å². The second-order valence-electron chi connectivity index (χ2n) is 4.27. The topological polar surface area (TPSA) is 81.5 Å². The van der Waals surface area contributed by atoms with Crippen molar-refractivity contribution in [3.05, 3.63) is 10.1 Å². The molecule has 88 valence electrons. The van der Waals surface area contributed by atoms with Crippen molar-refractivity contribution in [3.63, 3.8) is 0 Å². The maximum atomic E-state index is 11.3. The summed E-state index contributed by atoms with van der Waals surface area (Å²) in [6, 6.07) is -0.477. The summed E-state index contributed by atoms with van der Waals surface area (Å²) in [5.41, 5.74) is -0.586. The summed E-state index contributed by atoms with van der Waals surface area (Å²) in [6.45, 7) is 6.70. The molecule has 0 saturated carbocycles. The summed E-state index contributed by atoms with van der Waals surface area (Å²) in [6.07, 6.45) is -0.114. The molecule has 0 aromatic carbocycles. The van der Waals surface area contributed by atoms with Gasteiger partial charge in [-0.25, -0.2) is 4.79 Å². The first-order valence-corrected chi connectivity index (χ1v) is 4.86. The molecule has 6 heteroatoms. The minimum Gasteiger partial charge on any atom is -0.444 e. The van der Waals surface area contributed by atoms with Gasteiger partial charge < -0.3 is 10.1 Å². The minimum atomic E-state index is -0.615. The van der Waals surface area contributed by atoms with Crippen molar-refractivity contribution < 1.29 is 14.5 Å². The molecular formula is C9H18N2O4. The summed E-state index contributed by atoms with van der Waals surface area (Å²) in [7, 11) is 0. The van der Waals surface area contributed by atoms with Crippen LogP contribution in [0, 0.1) is 10.1 Å². The van der Waals surface area contributed by atoms with Crippen LogP contribution in [0.4, 0.5) is 4.79 Å². The summed E-state index contributed by atoms with van der Waals surface area (Å²) in [5, 5.41) is 12.7. The van der Waals surface area contributed by atoms with Gasteiger partial charge in [-0.2, -0.15) is 0 Å². The van der Waals surface area contributed by atoms with Crippen LogP contribution in [0.2, 0.25) is 0 Å². The molecule has 0 unspecified atom stereocenters. The average molecular weight is 218 g/mol. The molecule has 0 aromatic rings. The van der Waals surface area contributed by atoms with E-state index in [1.807, 2.05) is 0 Å². The van der Waals surface area contributed by atoms with Crippen LogP contribution >= 0.6 is 0 Å². The Kier molecular flexibility index (Phi) is 5.04. The molecule has 0 radical (unpaired) electrons. The van der Waals surface area contributed by atoms with Gasteiger partial charge in [0.05, 0.1) is 6.04 Å². The quantitative estimate of drug-likeness (QED) is 0.573. The van der Waals surface area contributed by atoms with Crippen LogP contribution in [0.5, 0.6) is 0 Å². The number of rotatable bonds is 4. The molecular weight excluding hydrogens is 200 g/mol. The molecule has 6 nitrogen and oxygen atoms in total. The Morgan fingerprint density at radius 2 is 2.07 bits per heavy atom. The average Bonchev–Trinajstić information content (AvgIpc) is 1.98. The van der Waals surface area contributed by atoms with E-state index in [-0.39, 0.29) is 6.54 Å². The van der Waals surface area contributed by atoms with Gasteiger partial charge in [0, 0.05) is 4.92 Å². The fourth-order valence-corrected chi connectivity index (χ4v) is 0.931. The summed E-state index contributed by atoms with van der Waals surface area (Å²) in [4.78, 5) is 21.0. The summed E-state index contributed by atoms with van der Waals surface area (Å²) >= 11 is 0. The van der Waals surface area contributed by atoms with Crippen molar-refractivity contribution in [3.8, 4) is 0 Å². The third kappa shape index (κ3) is 7.72. The lowest BCUT2D eigenvalue weighted by Gasteiger charge is -2.21. The molecule has 1 amide bonds. The van der Waals surface area contributed by atoms with Crippen LogP contribution in [-0.4, -0.2) is 29.2 Å². The Morgan fingerprint density at radius 1 is 1.53 bits per heavy atom. The molecule has 0 rings (SSSR count). The Bertz CT molecular complexity index is 235. The number of amides is 1. The van der Waals surface area contributed by atoms with Gasteiger partial charge in [-0.05, 0) is 27.2 Å². The maximum Gasteiger partial charge on any atom is 0.408 e. The zero-order valence-electron chi connectivity index (χ0n) is 9.57. The van der Waals surface area contributed by atoms with Gasteiger partial charge >= 0.3 is 6.09 Å². The number of carbonyl (C=O) groups is 1. The number of nitrogens with one attached hydrogen (secondary N) is 1. The SMILES string of the molecule is CC[C@@H](C[N+](=O)[O-])NC(=O)OC(C)(C)C. The van der Waals surface area contributed by atoms with Crippen LogP contribution < -0.4 is 5.32 Å². The van der Waals surface area contributed by atoms with E-state index >= 15 is 0 Å². The highest BCUT2D eigenvalue weighted by Crippen LogP contribution is 2.07. The van der Waals surface area contributed by atoms with Gasteiger partial charge in [0.15, 0.2) is 0 Å². The molecule has 1 N–H and O–H groups in total. The normalized spacial score (nSPS) is 13.1. The van der Waals surface area contributed by atoms with Gasteiger partial charge in [0.2, 0.25) is 6.54 Å². The number of hydrogen-bond donors (Lipinski definition) is 1. The molecule has 1 atom stereocenters. The molecule has 0 bridgehead atoms. The lowest BCUT2D eigenvalue weighted by molar-refractivity contribution is -0.483. The van der Waals surface area contributed by atoms with Crippen LogP contribution in [0.1, 0.15) is 34.1 Å². The summed E-state index contributed by atoms with van der Waals surface area (Å²) < 4.78 is 4.98. The van der Waals surface area contributed by atoms with Crippen LogP contribution in [0.3, 0.4) is 0 Å². The third-order valence-corrected chi connectivity index (χ3v) is 1.58. The number of carbonyl (C=O) groups excluding carboxylic acids is 1. The Hall–Kier alpha value is -1.33. The molecule has 0 aliphatic rings. The van der Waals surface area contributed by atoms with Crippen LogP contribution in [0.15, 0.2) is 0 Å². The van der Waals surface area contributed by atoms with E-state index < -0.39 is 22.7 Å². The van der Waals surface area contributed by atoms with Gasteiger partial charge in [0.25, 0.3) is 0 Å². The van der Waals surface area contributed by atoms with Crippen LogP contribution in [0.25, 0.3) is 0 Å².